The Hall–Kier alpha value is -1.95. The van der Waals surface area contributed by atoms with Crippen LogP contribution in [0.2, 0.25) is 0 Å². The third kappa shape index (κ3) is 3.11. The second-order valence-electron chi connectivity index (χ2n) is 6.23. The highest BCUT2D eigenvalue weighted by Crippen LogP contribution is 2.44. The molecule has 2 aliphatic rings. The smallest absolute Gasteiger partial charge is 0.252 e. The van der Waals surface area contributed by atoms with E-state index in [9.17, 15) is 14.7 Å². The van der Waals surface area contributed by atoms with Crippen LogP contribution in [0, 0.1) is 11.8 Å². The molecule has 0 radical (unpaired) electrons. The van der Waals surface area contributed by atoms with Gasteiger partial charge in [0.25, 0.3) is 5.91 Å². The summed E-state index contributed by atoms with van der Waals surface area (Å²) >= 11 is 0. The molecule has 22 heavy (non-hydrogen) atoms. The normalized spacial score (nSPS) is 27.4. The van der Waals surface area contributed by atoms with Gasteiger partial charge < -0.3 is 15.7 Å². The van der Waals surface area contributed by atoms with Crippen molar-refractivity contribution in [2.24, 2.45) is 11.8 Å². The van der Waals surface area contributed by atoms with Gasteiger partial charge in [0.1, 0.15) is 6.04 Å². The molecule has 1 aromatic heterocycles. The predicted molar refractivity (Wildman–Crippen MR) is 80.0 cm³/mol. The highest BCUT2D eigenvalue weighted by molar-refractivity contribution is 5.97. The minimum atomic E-state index is -0.917. The number of aliphatic hydroxyl groups excluding tert-OH is 1. The van der Waals surface area contributed by atoms with E-state index in [1.54, 1.807) is 12.1 Å². The third-order valence-corrected chi connectivity index (χ3v) is 4.81. The number of carbonyl (C=O) groups excluding carboxylic acids is 2. The van der Waals surface area contributed by atoms with Gasteiger partial charge in [0.15, 0.2) is 0 Å². The van der Waals surface area contributed by atoms with Crippen LogP contribution in [0.1, 0.15) is 36.0 Å². The molecule has 3 N–H and O–H groups in total. The Balaban J connectivity index is 1.56. The lowest BCUT2D eigenvalue weighted by Gasteiger charge is -2.25. The van der Waals surface area contributed by atoms with E-state index in [1.807, 2.05) is 0 Å². The van der Waals surface area contributed by atoms with Crippen LogP contribution in [-0.4, -0.2) is 40.6 Å². The summed E-state index contributed by atoms with van der Waals surface area (Å²) in [5.74, 6) is 0.602. The highest BCUT2D eigenvalue weighted by Gasteiger charge is 2.40. The molecule has 3 rings (SSSR count). The molecular formula is C16H21N3O3. The lowest BCUT2D eigenvalue weighted by molar-refractivity contribution is -0.124. The number of rotatable bonds is 5. The molecule has 6 heteroatoms. The summed E-state index contributed by atoms with van der Waals surface area (Å²) in [4.78, 5) is 28.2. The minimum Gasteiger partial charge on any atom is -0.394 e. The van der Waals surface area contributed by atoms with Crippen LogP contribution in [-0.2, 0) is 4.79 Å². The first kappa shape index (κ1) is 15.0. The summed E-state index contributed by atoms with van der Waals surface area (Å²) in [6.45, 7) is -0.413. The number of amides is 2. The molecular weight excluding hydrogens is 282 g/mol. The van der Waals surface area contributed by atoms with E-state index in [0.29, 0.717) is 11.5 Å². The van der Waals surface area contributed by atoms with Crippen molar-refractivity contribution in [1.82, 2.24) is 15.6 Å². The van der Waals surface area contributed by atoms with E-state index in [-0.39, 0.29) is 17.9 Å². The summed E-state index contributed by atoms with van der Waals surface area (Å²) in [6, 6.07) is 2.41. The summed E-state index contributed by atoms with van der Waals surface area (Å²) in [7, 11) is 0. The Morgan fingerprint density at radius 2 is 2.05 bits per heavy atom. The van der Waals surface area contributed by atoms with Crippen molar-refractivity contribution < 1.29 is 14.7 Å². The maximum absolute atomic E-state index is 12.3. The minimum absolute atomic E-state index is 0.193. The van der Waals surface area contributed by atoms with Crippen molar-refractivity contribution in [3.63, 3.8) is 0 Å². The molecule has 2 bridgehead atoms. The maximum Gasteiger partial charge on any atom is 0.252 e. The van der Waals surface area contributed by atoms with Crippen LogP contribution < -0.4 is 10.6 Å². The Bertz CT molecular complexity index is 549. The number of hydrogen-bond acceptors (Lipinski definition) is 4. The van der Waals surface area contributed by atoms with Crippen LogP contribution in [0.3, 0.4) is 0 Å². The molecule has 0 aromatic carbocycles. The van der Waals surface area contributed by atoms with Crippen LogP contribution >= 0.6 is 0 Å². The molecule has 0 saturated heterocycles. The van der Waals surface area contributed by atoms with Crippen LogP contribution in [0.4, 0.5) is 0 Å². The molecule has 6 nitrogen and oxygen atoms in total. The molecule has 118 valence electrons. The zero-order valence-electron chi connectivity index (χ0n) is 12.4. The van der Waals surface area contributed by atoms with E-state index in [1.165, 1.54) is 31.7 Å². The topological polar surface area (TPSA) is 91.3 Å². The monoisotopic (exact) mass is 303 g/mol. The van der Waals surface area contributed by atoms with Crippen molar-refractivity contribution in [2.75, 3.05) is 6.61 Å². The SMILES string of the molecule is O=C(N[C@@H](CO)C(=O)NC1CC2CCC1C2)c1ccncc1. The zero-order chi connectivity index (χ0) is 15.5. The highest BCUT2D eigenvalue weighted by atomic mass is 16.3. The van der Waals surface area contributed by atoms with Crippen LogP contribution in [0.15, 0.2) is 24.5 Å². The third-order valence-electron chi connectivity index (χ3n) is 4.81. The molecule has 2 saturated carbocycles. The molecule has 1 aromatic rings. The fourth-order valence-electron chi connectivity index (χ4n) is 3.64. The van der Waals surface area contributed by atoms with Gasteiger partial charge in [0.05, 0.1) is 6.61 Å². The van der Waals surface area contributed by atoms with Crippen LogP contribution in [0.5, 0.6) is 0 Å². The van der Waals surface area contributed by atoms with Crippen molar-refractivity contribution in [2.45, 2.75) is 37.8 Å². The molecule has 4 atom stereocenters. The molecule has 3 unspecified atom stereocenters. The number of hydrogen-bond donors (Lipinski definition) is 3. The van der Waals surface area contributed by atoms with Crippen molar-refractivity contribution in [3.05, 3.63) is 30.1 Å². The van der Waals surface area contributed by atoms with Gasteiger partial charge in [-0.1, -0.05) is 6.42 Å². The van der Waals surface area contributed by atoms with Gasteiger partial charge in [-0.05, 0) is 43.2 Å². The lowest BCUT2D eigenvalue weighted by atomic mass is 9.95. The first-order valence-corrected chi connectivity index (χ1v) is 7.79. The summed E-state index contributed by atoms with van der Waals surface area (Å²) < 4.78 is 0. The van der Waals surface area contributed by atoms with E-state index in [2.05, 4.69) is 15.6 Å². The van der Waals surface area contributed by atoms with Gasteiger partial charge in [-0.15, -0.1) is 0 Å². The van der Waals surface area contributed by atoms with Gasteiger partial charge in [0.2, 0.25) is 5.91 Å². The number of pyridine rings is 1. The van der Waals surface area contributed by atoms with Gasteiger partial charge >= 0.3 is 0 Å². The van der Waals surface area contributed by atoms with Gasteiger partial charge in [-0.2, -0.15) is 0 Å². The van der Waals surface area contributed by atoms with E-state index < -0.39 is 12.6 Å². The molecule has 0 spiro atoms. The van der Waals surface area contributed by atoms with Gasteiger partial charge in [0, 0.05) is 24.0 Å². The maximum atomic E-state index is 12.3. The first-order chi connectivity index (χ1) is 10.7. The zero-order valence-corrected chi connectivity index (χ0v) is 12.4. The van der Waals surface area contributed by atoms with E-state index >= 15 is 0 Å². The number of aromatic nitrogens is 1. The molecule has 0 aliphatic heterocycles. The Morgan fingerprint density at radius 3 is 2.64 bits per heavy atom. The second-order valence-corrected chi connectivity index (χ2v) is 6.23. The quantitative estimate of drug-likeness (QED) is 0.738. The lowest BCUT2D eigenvalue weighted by Crippen LogP contribution is -2.52. The standard InChI is InChI=1S/C16H21N3O3/c20-9-14(19-15(21)11-3-5-17-6-4-11)16(22)18-13-8-10-1-2-12(13)7-10/h3-6,10,12-14,20H,1-2,7-9H2,(H,18,22)(H,19,21)/t10?,12?,13?,14-/m0/s1. The van der Waals surface area contributed by atoms with E-state index in [4.69, 9.17) is 0 Å². The van der Waals surface area contributed by atoms with Gasteiger partial charge in [-0.3, -0.25) is 14.6 Å². The molecule has 2 amide bonds. The Kier molecular flexibility index (Phi) is 4.38. The molecule has 1 heterocycles. The average molecular weight is 303 g/mol. The van der Waals surface area contributed by atoms with Crippen molar-refractivity contribution >= 4 is 11.8 Å². The fourth-order valence-corrected chi connectivity index (χ4v) is 3.64. The number of carbonyl (C=O) groups is 2. The van der Waals surface area contributed by atoms with E-state index in [0.717, 1.165) is 12.3 Å². The number of nitrogens with one attached hydrogen (secondary N) is 2. The second kappa shape index (κ2) is 6.44. The first-order valence-electron chi connectivity index (χ1n) is 7.79. The van der Waals surface area contributed by atoms with Crippen molar-refractivity contribution in [1.29, 1.82) is 0 Å². The average Bonchev–Trinajstić information content (AvgIpc) is 3.15. The molecule has 2 fully saturated rings. The number of aliphatic hydroxyl groups is 1. The van der Waals surface area contributed by atoms with Crippen LogP contribution in [0.25, 0.3) is 0 Å². The molecule has 2 aliphatic carbocycles. The Morgan fingerprint density at radius 1 is 1.27 bits per heavy atom. The fraction of sp³-hybridized carbons (Fsp3) is 0.562. The number of nitrogens with zero attached hydrogens (tertiary/aromatic N) is 1. The summed E-state index contributed by atoms with van der Waals surface area (Å²) in [5.41, 5.74) is 0.418. The predicted octanol–water partition coefficient (Wildman–Crippen LogP) is 0.477. The number of fused-ring (bicyclic) bond motifs is 2. The Labute approximate surface area is 129 Å². The van der Waals surface area contributed by atoms with Crippen molar-refractivity contribution in [3.8, 4) is 0 Å². The van der Waals surface area contributed by atoms with Gasteiger partial charge in [-0.25, -0.2) is 0 Å². The largest absolute Gasteiger partial charge is 0.394 e. The summed E-state index contributed by atoms with van der Waals surface area (Å²) in [5, 5.41) is 15.0. The summed E-state index contributed by atoms with van der Waals surface area (Å²) in [6.07, 6.45) is 7.67.